The minimum absolute atomic E-state index is 0.399. The van der Waals surface area contributed by atoms with Crippen molar-refractivity contribution >= 4 is 0 Å². The standard InChI is InChI=1S/C9H7FN2/c10-8-5-7(1-4-12-8)9(6-11)2-3-9/h1,4-5H,2-3H2. The van der Waals surface area contributed by atoms with Gasteiger partial charge in [0, 0.05) is 6.20 Å². The Hall–Kier alpha value is -1.43. The van der Waals surface area contributed by atoms with Crippen molar-refractivity contribution in [3.05, 3.63) is 29.8 Å². The number of aromatic nitrogens is 1. The first kappa shape index (κ1) is 7.23. The molecule has 1 aromatic rings. The maximum absolute atomic E-state index is 12.6. The molecule has 0 bridgehead atoms. The second kappa shape index (κ2) is 2.28. The molecule has 12 heavy (non-hydrogen) atoms. The number of rotatable bonds is 1. The van der Waals surface area contributed by atoms with E-state index in [0.717, 1.165) is 18.4 Å². The van der Waals surface area contributed by atoms with Gasteiger partial charge in [0.25, 0.3) is 0 Å². The van der Waals surface area contributed by atoms with Gasteiger partial charge in [0.2, 0.25) is 5.95 Å². The zero-order valence-electron chi connectivity index (χ0n) is 6.42. The Bertz CT molecular complexity index is 350. The van der Waals surface area contributed by atoms with E-state index in [2.05, 4.69) is 11.1 Å². The number of hydrogen-bond donors (Lipinski definition) is 0. The molecule has 0 amide bonds. The molecule has 0 aliphatic heterocycles. The molecule has 0 atom stereocenters. The molecule has 2 rings (SSSR count). The number of nitriles is 1. The predicted octanol–water partition coefficient (Wildman–Crippen LogP) is 1.78. The summed E-state index contributed by atoms with van der Waals surface area (Å²) < 4.78 is 12.6. The Labute approximate surface area is 69.7 Å². The molecule has 3 heteroatoms. The lowest BCUT2D eigenvalue weighted by molar-refractivity contribution is 0.579. The Morgan fingerprint density at radius 1 is 1.58 bits per heavy atom. The highest BCUT2D eigenvalue weighted by Gasteiger charge is 2.45. The van der Waals surface area contributed by atoms with Crippen LogP contribution in [0.25, 0.3) is 0 Å². The van der Waals surface area contributed by atoms with E-state index in [9.17, 15) is 4.39 Å². The quantitative estimate of drug-likeness (QED) is 0.590. The molecular formula is C9H7FN2. The van der Waals surface area contributed by atoms with Gasteiger partial charge in [-0.3, -0.25) is 0 Å². The third-order valence-electron chi connectivity index (χ3n) is 2.24. The van der Waals surface area contributed by atoms with Gasteiger partial charge in [0.05, 0.1) is 11.5 Å². The summed E-state index contributed by atoms with van der Waals surface area (Å²) in [6.07, 6.45) is 3.09. The molecule has 1 fully saturated rings. The number of nitrogens with zero attached hydrogens (tertiary/aromatic N) is 2. The van der Waals surface area contributed by atoms with Crippen molar-refractivity contribution in [1.82, 2.24) is 4.98 Å². The van der Waals surface area contributed by atoms with E-state index in [1.54, 1.807) is 6.07 Å². The largest absolute Gasteiger partial charge is 0.228 e. The summed E-state index contributed by atoms with van der Waals surface area (Å²) in [5.74, 6) is -0.506. The lowest BCUT2D eigenvalue weighted by atomic mass is 9.99. The summed E-state index contributed by atoms with van der Waals surface area (Å²) >= 11 is 0. The predicted molar refractivity (Wildman–Crippen MR) is 40.7 cm³/mol. The lowest BCUT2D eigenvalue weighted by Crippen LogP contribution is -2.03. The van der Waals surface area contributed by atoms with E-state index >= 15 is 0 Å². The fourth-order valence-corrected chi connectivity index (χ4v) is 1.29. The highest BCUT2D eigenvalue weighted by Crippen LogP contribution is 2.47. The molecule has 0 N–H and O–H groups in total. The van der Waals surface area contributed by atoms with Gasteiger partial charge >= 0.3 is 0 Å². The minimum Gasteiger partial charge on any atom is -0.228 e. The fraction of sp³-hybridized carbons (Fsp3) is 0.333. The van der Waals surface area contributed by atoms with Gasteiger partial charge in [-0.1, -0.05) is 0 Å². The Morgan fingerprint density at radius 2 is 2.33 bits per heavy atom. The molecule has 0 unspecified atom stereocenters. The molecule has 1 aliphatic carbocycles. The Morgan fingerprint density at radius 3 is 2.83 bits per heavy atom. The zero-order valence-corrected chi connectivity index (χ0v) is 6.42. The van der Waals surface area contributed by atoms with Crippen LogP contribution < -0.4 is 0 Å². The normalized spacial score (nSPS) is 18.3. The minimum atomic E-state index is -0.506. The van der Waals surface area contributed by atoms with E-state index in [1.165, 1.54) is 12.3 Å². The van der Waals surface area contributed by atoms with Crippen molar-refractivity contribution in [3.8, 4) is 6.07 Å². The van der Waals surface area contributed by atoms with Crippen LogP contribution in [0.5, 0.6) is 0 Å². The number of hydrogen-bond acceptors (Lipinski definition) is 2. The third-order valence-corrected chi connectivity index (χ3v) is 2.24. The van der Waals surface area contributed by atoms with Crippen LogP contribution in [-0.4, -0.2) is 4.98 Å². The van der Waals surface area contributed by atoms with Crippen molar-refractivity contribution in [3.63, 3.8) is 0 Å². The van der Waals surface area contributed by atoms with Gasteiger partial charge in [0.15, 0.2) is 0 Å². The number of halogens is 1. The Kier molecular flexibility index (Phi) is 1.37. The van der Waals surface area contributed by atoms with Crippen LogP contribution in [0.3, 0.4) is 0 Å². The topological polar surface area (TPSA) is 36.7 Å². The van der Waals surface area contributed by atoms with Gasteiger partial charge in [-0.05, 0) is 30.5 Å². The summed E-state index contributed by atoms with van der Waals surface area (Å²) in [5.41, 5.74) is 0.363. The van der Waals surface area contributed by atoms with Gasteiger partial charge in [-0.15, -0.1) is 0 Å². The molecule has 0 spiro atoms. The molecular weight excluding hydrogens is 155 g/mol. The van der Waals surface area contributed by atoms with Crippen molar-refractivity contribution < 1.29 is 4.39 Å². The fourth-order valence-electron chi connectivity index (χ4n) is 1.29. The first-order valence-corrected chi connectivity index (χ1v) is 3.80. The maximum Gasteiger partial charge on any atom is 0.213 e. The molecule has 60 valence electrons. The van der Waals surface area contributed by atoms with Crippen LogP contribution in [0, 0.1) is 17.3 Å². The highest BCUT2D eigenvalue weighted by atomic mass is 19.1. The maximum atomic E-state index is 12.6. The third kappa shape index (κ3) is 0.964. The average Bonchev–Trinajstić information content (AvgIpc) is 2.84. The molecule has 1 saturated carbocycles. The summed E-state index contributed by atoms with van der Waals surface area (Å²) in [4.78, 5) is 3.44. The van der Waals surface area contributed by atoms with Gasteiger partial charge in [-0.25, -0.2) is 4.98 Å². The van der Waals surface area contributed by atoms with Crippen LogP contribution in [0.1, 0.15) is 18.4 Å². The highest BCUT2D eigenvalue weighted by molar-refractivity contribution is 5.37. The van der Waals surface area contributed by atoms with Crippen molar-refractivity contribution in [2.75, 3.05) is 0 Å². The summed E-state index contributed by atoms with van der Waals surface area (Å²) in [7, 11) is 0. The van der Waals surface area contributed by atoms with Gasteiger partial charge in [-0.2, -0.15) is 9.65 Å². The number of pyridine rings is 1. The van der Waals surface area contributed by atoms with E-state index in [0.29, 0.717) is 0 Å². The SMILES string of the molecule is N#CC1(c2ccnc(F)c2)CC1. The first-order chi connectivity index (χ1) is 5.77. The van der Waals surface area contributed by atoms with Crippen LogP contribution in [0.15, 0.2) is 18.3 Å². The molecule has 2 nitrogen and oxygen atoms in total. The second-order valence-electron chi connectivity index (χ2n) is 3.06. The monoisotopic (exact) mass is 162 g/mol. The van der Waals surface area contributed by atoms with Crippen molar-refractivity contribution in [1.29, 1.82) is 5.26 Å². The zero-order chi connectivity index (χ0) is 8.60. The van der Waals surface area contributed by atoms with Crippen molar-refractivity contribution in [2.45, 2.75) is 18.3 Å². The molecule has 1 heterocycles. The first-order valence-electron chi connectivity index (χ1n) is 3.80. The van der Waals surface area contributed by atoms with Crippen LogP contribution in [0.4, 0.5) is 4.39 Å². The molecule has 0 saturated heterocycles. The smallest absolute Gasteiger partial charge is 0.213 e. The summed E-state index contributed by atoms with van der Waals surface area (Å²) in [6, 6.07) is 5.25. The molecule has 1 aliphatic rings. The van der Waals surface area contributed by atoms with Gasteiger partial charge < -0.3 is 0 Å². The second-order valence-corrected chi connectivity index (χ2v) is 3.06. The summed E-state index contributed by atoms with van der Waals surface area (Å²) in [5, 5.41) is 8.81. The van der Waals surface area contributed by atoms with Crippen LogP contribution in [0.2, 0.25) is 0 Å². The van der Waals surface area contributed by atoms with Crippen molar-refractivity contribution in [2.24, 2.45) is 0 Å². The van der Waals surface area contributed by atoms with Crippen LogP contribution in [-0.2, 0) is 5.41 Å². The van der Waals surface area contributed by atoms with E-state index < -0.39 is 11.4 Å². The average molecular weight is 162 g/mol. The van der Waals surface area contributed by atoms with E-state index in [4.69, 9.17) is 5.26 Å². The van der Waals surface area contributed by atoms with E-state index in [-0.39, 0.29) is 0 Å². The van der Waals surface area contributed by atoms with Crippen LogP contribution >= 0.6 is 0 Å². The molecule has 1 aromatic heterocycles. The van der Waals surface area contributed by atoms with E-state index in [1.807, 2.05) is 0 Å². The van der Waals surface area contributed by atoms with Gasteiger partial charge in [0.1, 0.15) is 0 Å². The molecule has 0 aromatic carbocycles. The Balaban J connectivity index is 2.42. The summed E-state index contributed by atoms with van der Waals surface area (Å²) in [6.45, 7) is 0. The lowest BCUT2D eigenvalue weighted by Gasteiger charge is -2.03. The molecule has 0 radical (unpaired) electrons.